The number of carbonyl (C=O) groups excluding carboxylic acids is 1. The average Bonchev–Trinajstić information content (AvgIpc) is 2.85. The van der Waals surface area contributed by atoms with Crippen molar-refractivity contribution in [2.75, 3.05) is 25.6 Å². The highest BCUT2D eigenvalue weighted by Gasteiger charge is 2.21. The van der Waals surface area contributed by atoms with Gasteiger partial charge in [-0.2, -0.15) is 0 Å². The number of aliphatic hydroxyl groups is 1. The summed E-state index contributed by atoms with van der Waals surface area (Å²) in [4.78, 5) is 13.8. The van der Waals surface area contributed by atoms with E-state index >= 15 is 0 Å². The highest BCUT2D eigenvalue weighted by atomic mass is 19.1. The van der Waals surface area contributed by atoms with Crippen molar-refractivity contribution in [3.05, 3.63) is 41.7 Å². The van der Waals surface area contributed by atoms with Crippen LogP contribution in [0.5, 0.6) is 0 Å². The van der Waals surface area contributed by atoms with Gasteiger partial charge in [-0.3, -0.25) is 4.79 Å². The fourth-order valence-corrected chi connectivity index (χ4v) is 2.23. The fourth-order valence-electron chi connectivity index (χ4n) is 2.23. The third-order valence-electron chi connectivity index (χ3n) is 3.44. The number of anilines is 1. The molecule has 0 unspecified atom stereocenters. The molecule has 0 spiro atoms. The van der Waals surface area contributed by atoms with Gasteiger partial charge in [0.15, 0.2) is 0 Å². The quantitative estimate of drug-likeness (QED) is 0.822. The molecule has 0 saturated carbocycles. The lowest BCUT2D eigenvalue weighted by Crippen LogP contribution is -2.33. The number of hydrogen-bond donors (Lipinski definition) is 2. The molecule has 1 aliphatic carbocycles. The Hall–Kier alpha value is -1.88. The van der Waals surface area contributed by atoms with Crippen LogP contribution in [0, 0.1) is 11.7 Å². The zero-order chi connectivity index (χ0) is 14.7. The van der Waals surface area contributed by atoms with Crippen LogP contribution in [0.3, 0.4) is 0 Å². The Bertz CT molecular complexity index is 529. The van der Waals surface area contributed by atoms with Crippen molar-refractivity contribution in [1.82, 2.24) is 5.32 Å². The number of amides is 1. The Morgan fingerprint density at radius 3 is 2.75 bits per heavy atom. The van der Waals surface area contributed by atoms with E-state index in [4.69, 9.17) is 5.11 Å². The summed E-state index contributed by atoms with van der Waals surface area (Å²) >= 11 is 0. The normalized spacial score (nSPS) is 21.0. The molecule has 2 rings (SSSR count). The molecule has 0 fully saturated rings. The SMILES string of the molecule is CN(C)c1ccc(C(=O)N[C@@H]2C=C[C@H](CO)C2)c(F)c1. The summed E-state index contributed by atoms with van der Waals surface area (Å²) in [5, 5.41) is 11.8. The van der Waals surface area contributed by atoms with Crippen LogP contribution in [-0.2, 0) is 0 Å². The summed E-state index contributed by atoms with van der Waals surface area (Å²) in [5.74, 6) is -0.892. The molecule has 1 aromatic carbocycles. The second kappa shape index (κ2) is 6.05. The van der Waals surface area contributed by atoms with Crippen LogP contribution in [-0.4, -0.2) is 37.8 Å². The van der Waals surface area contributed by atoms with Crippen LogP contribution >= 0.6 is 0 Å². The highest BCUT2D eigenvalue weighted by molar-refractivity contribution is 5.95. The maximum absolute atomic E-state index is 13.9. The first-order valence-electron chi connectivity index (χ1n) is 6.58. The summed E-state index contributed by atoms with van der Waals surface area (Å²) < 4.78 is 13.9. The lowest BCUT2D eigenvalue weighted by molar-refractivity contribution is 0.0937. The first-order valence-corrected chi connectivity index (χ1v) is 6.58. The molecule has 4 nitrogen and oxygen atoms in total. The van der Waals surface area contributed by atoms with Crippen LogP contribution in [0.1, 0.15) is 16.8 Å². The van der Waals surface area contributed by atoms with Gasteiger partial charge in [-0.15, -0.1) is 0 Å². The number of benzene rings is 1. The molecule has 20 heavy (non-hydrogen) atoms. The molecule has 0 heterocycles. The van der Waals surface area contributed by atoms with Crippen molar-refractivity contribution in [2.24, 2.45) is 5.92 Å². The number of nitrogens with zero attached hydrogens (tertiary/aromatic N) is 1. The summed E-state index contributed by atoms with van der Waals surface area (Å²) in [5.41, 5.74) is 0.747. The number of carbonyl (C=O) groups is 1. The molecule has 0 aliphatic heterocycles. The Labute approximate surface area is 117 Å². The zero-order valence-electron chi connectivity index (χ0n) is 11.6. The van der Waals surface area contributed by atoms with E-state index in [1.54, 1.807) is 11.0 Å². The van der Waals surface area contributed by atoms with Gasteiger partial charge in [0.25, 0.3) is 5.91 Å². The van der Waals surface area contributed by atoms with Crippen molar-refractivity contribution in [3.8, 4) is 0 Å². The molecule has 2 N–H and O–H groups in total. The minimum Gasteiger partial charge on any atom is -0.396 e. The van der Waals surface area contributed by atoms with Gasteiger partial charge in [-0.05, 0) is 24.6 Å². The largest absolute Gasteiger partial charge is 0.396 e. The van der Waals surface area contributed by atoms with Crippen molar-refractivity contribution in [2.45, 2.75) is 12.5 Å². The second-order valence-corrected chi connectivity index (χ2v) is 5.20. The van der Waals surface area contributed by atoms with E-state index in [0.29, 0.717) is 12.1 Å². The minimum atomic E-state index is -0.533. The molecule has 1 aromatic rings. The van der Waals surface area contributed by atoms with Gasteiger partial charge in [0.05, 0.1) is 5.56 Å². The van der Waals surface area contributed by atoms with Crippen LogP contribution in [0.4, 0.5) is 10.1 Å². The molecule has 1 aliphatic rings. The third-order valence-corrected chi connectivity index (χ3v) is 3.44. The van der Waals surface area contributed by atoms with Crippen molar-refractivity contribution >= 4 is 11.6 Å². The average molecular weight is 278 g/mol. The molecule has 2 atom stereocenters. The Morgan fingerprint density at radius 1 is 1.45 bits per heavy atom. The standard InChI is InChI=1S/C15H19FN2O2/c1-18(2)12-5-6-13(14(16)8-12)15(20)17-11-4-3-10(7-11)9-19/h3-6,8,10-11,19H,7,9H2,1-2H3,(H,17,20)/t10-,11+/m0/s1. The van der Waals surface area contributed by atoms with E-state index in [1.165, 1.54) is 12.1 Å². The van der Waals surface area contributed by atoms with E-state index < -0.39 is 11.7 Å². The third kappa shape index (κ3) is 3.17. The monoisotopic (exact) mass is 278 g/mol. The van der Waals surface area contributed by atoms with Crippen molar-refractivity contribution in [3.63, 3.8) is 0 Å². The zero-order valence-corrected chi connectivity index (χ0v) is 11.6. The maximum Gasteiger partial charge on any atom is 0.254 e. The van der Waals surface area contributed by atoms with Crippen LogP contribution < -0.4 is 10.2 Å². The lowest BCUT2D eigenvalue weighted by Gasteiger charge is -2.15. The Kier molecular flexibility index (Phi) is 4.39. The molecule has 5 heteroatoms. The van der Waals surface area contributed by atoms with E-state index in [1.807, 2.05) is 26.2 Å². The van der Waals surface area contributed by atoms with Gasteiger partial charge in [-0.1, -0.05) is 12.2 Å². The topological polar surface area (TPSA) is 52.6 Å². The summed E-state index contributed by atoms with van der Waals surface area (Å²) in [6, 6.07) is 4.39. The molecule has 1 amide bonds. The first kappa shape index (κ1) is 14.5. The van der Waals surface area contributed by atoms with E-state index in [-0.39, 0.29) is 24.1 Å². The smallest absolute Gasteiger partial charge is 0.254 e. The molecule has 0 radical (unpaired) electrons. The predicted molar refractivity (Wildman–Crippen MR) is 76.3 cm³/mol. The number of halogens is 1. The second-order valence-electron chi connectivity index (χ2n) is 5.20. The van der Waals surface area contributed by atoms with Gasteiger partial charge in [-0.25, -0.2) is 4.39 Å². The molecule has 108 valence electrons. The Balaban J connectivity index is 2.05. The maximum atomic E-state index is 13.9. The molecule has 0 saturated heterocycles. The van der Waals surface area contributed by atoms with E-state index in [0.717, 1.165) is 0 Å². The van der Waals surface area contributed by atoms with Crippen molar-refractivity contribution in [1.29, 1.82) is 0 Å². The van der Waals surface area contributed by atoms with Crippen LogP contribution in [0.2, 0.25) is 0 Å². The number of rotatable bonds is 4. The number of nitrogens with one attached hydrogen (secondary N) is 1. The number of hydrogen-bond acceptors (Lipinski definition) is 3. The molecular weight excluding hydrogens is 259 g/mol. The van der Waals surface area contributed by atoms with Crippen LogP contribution in [0.25, 0.3) is 0 Å². The summed E-state index contributed by atoms with van der Waals surface area (Å²) in [6.45, 7) is 0.0642. The first-order chi connectivity index (χ1) is 9.51. The molecule has 0 bridgehead atoms. The van der Waals surface area contributed by atoms with Gasteiger partial charge >= 0.3 is 0 Å². The molecular formula is C15H19FN2O2. The summed E-state index contributed by atoms with van der Waals surface area (Å²) in [6.07, 6.45) is 4.36. The fraction of sp³-hybridized carbons (Fsp3) is 0.400. The van der Waals surface area contributed by atoms with E-state index in [9.17, 15) is 9.18 Å². The van der Waals surface area contributed by atoms with Gasteiger partial charge in [0, 0.05) is 38.3 Å². The van der Waals surface area contributed by atoms with Gasteiger partial charge in [0.2, 0.25) is 0 Å². The number of aliphatic hydroxyl groups excluding tert-OH is 1. The Morgan fingerprint density at radius 2 is 2.20 bits per heavy atom. The van der Waals surface area contributed by atoms with Crippen LogP contribution in [0.15, 0.2) is 30.4 Å². The highest BCUT2D eigenvalue weighted by Crippen LogP contribution is 2.19. The van der Waals surface area contributed by atoms with Crippen molar-refractivity contribution < 1.29 is 14.3 Å². The van der Waals surface area contributed by atoms with E-state index in [2.05, 4.69) is 5.32 Å². The molecule has 0 aromatic heterocycles. The van der Waals surface area contributed by atoms with Gasteiger partial charge < -0.3 is 15.3 Å². The lowest BCUT2D eigenvalue weighted by atomic mass is 10.1. The summed E-state index contributed by atoms with van der Waals surface area (Å²) in [7, 11) is 3.62. The minimum absolute atomic E-state index is 0.0384. The predicted octanol–water partition coefficient (Wildman–Crippen LogP) is 1.56. The van der Waals surface area contributed by atoms with Gasteiger partial charge in [0.1, 0.15) is 5.82 Å².